The Morgan fingerprint density at radius 2 is 1.97 bits per heavy atom. The minimum Gasteiger partial charge on any atom is -0.496 e. The Morgan fingerprint density at radius 3 is 2.66 bits per heavy atom. The Bertz CT molecular complexity index is 1100. The Kier molecular flexibility index (Phi) is 5.10. The van der Waals surface area contributed by atoms with Crippen LogP contribution in [0.2, 0.25) is 0 Å². The largest absolute Gasteiger partial charge is 0.496 e. The zero-order valence-electron chi connectivity index (χ0n) is 16.2. The predicted octanol–water partition coefficient (Wildman–Crippen LogP) is 4.29. The van der Waals surface area contributed by atoms with Gasteiger partial charge in [-0.1, -0.05) is 23.8 Å². The zero-order chi connectivity index (χ0) is 20.5. The molecule has 0 saturated heterocycles. The molecule has 0 saturated carbocycles. The van der Waals surface area contributed by atoms with Crippen molar-refractivity contribution >= 4 is 33.5 Å². The number of fused-ring (bicyclic) bond motifs is 1. The fourth-order valence-corrected chi connectivity index (χ4v) is 3.94. The van der Waals surface area contributed by atoms with E-state index < -0.39 is 6.04 Å². The number of hydrogen-bond donors (Lipinski definition) is 2. The molecule has 2 N–H and O–H groups in total. The standard InChI is InChI=1S/C21H20BrN5O2/c1-12-4-7-15(8-5-12)26-20(28)18-13(2)25-21-23-11-24-27(21)19(18)14-6-9-17(29-3)16(22)10-14/h4-11,19H,1-3H3,(H,26,28)(H,23,24,25). The second-order valence-electron chi connectivity index (χ2n) is 6.81. The maximum absolute atomic E-state index is 13.3. The van der Waals surface area contributed by atoms with E-state index in [-0.39, 0.29) is 5.91 Å². The summed E-state index contributed by atoms with van der Waals surface area (Å²) in [5.74, 6) is 1.11. The number of aryl methyl sites for hydroxylation is 1. The fraction of sp³-hybridized carbons (Fsp3) is 0.190. The third-order valence-corrected chi connectivity index (χ3v) is 5.46. The number of allylic oxidation sites excluding steroid dienone is 1. The number of methoxy groups -OCH3 is 1. The van der Waals surface area contributed by atoms with Gasteiger partial charge in [-0.3, -0.25) is 4.79 Å². The van der Waals surface area contributed by atoms with E-state index in [0.29, 0.717) is 17.3 Å². The molecule has 0 aliphatic carbocycles. The topological polar surface area (TPSA) is 81.1 Å². The molecule has 8 heteroatoms. The molecule has 29 heavy (non-hydrogen) atoms. The SMILES string of the molecule is COc1ccc(C2C(C(=O)Nc3ccc(C)cc3)=C(C)Nc3ncnn32)cc1Br. The first-order valence-electron chi connectivity index (χ1n) is 9.06. The van der Waals surface area contributed by atoms with Crippen LogP contribution in [0.5, 0.6) is 5.75 Å². The van der Waals surface area contributed by atoms with E-state index in [9.17, 15) is 4.79 Å². The molecule has 1 aromatic heterocycles. The molecule has 7 nitrogen and oxygen atoms in total. The fourth-order valence-electron chi connectivity index (χ4n) is 3.38. The van der Waals surface area contributed by atoms with Crippen LogP contribution in [0.1, 0.15) is 24.1 Å². The average Bonchev–Trinajstić information content (AvgIpc) is 3.16. The van der Waals surface area contributed by atoms with E-state index in [2.05, 4.69) is 36.6 Å². The minimum absolute atomic E-state index is 0.197. The molecular weight excluding hydrogens is 434 g/mol. The number of nitrogens with one attached hydrogen (secondary N) is 2. The van der Waals surface area contributed by atoms with Crippen molar-refractivity contribution in [2.24, 2.45) is 0 Å². The molecule has 1 unspecified atom stereocenters. The van der Waals surface area contributed by atoms with Gasteiger partial charge in [-0.2, -0.15) is 10.1 Å². The van der Waals surface area contributed by atoms with Crippen LogP contribution in [0.4, 0.5) is 11.6 Å². The van der Waals surface area contributed by atoms with Crippen molar-refractivity contribution in [2.45, 2.75) is 19.9 Å². The van der Waals surface area contributed by atoms with Gasteiger partial charge >= 0.3 is 0 Å². The Morgan fingerprint density at radius 1 is 1.21 bits per heavy atom. The average molecular weight is 454 g/mol. The zero-order valence-corrected chi connectivity index (χ0v) is 17.8. The van der Waals surface area contributed by atoms with E-state index in [1.807, 2.05) is 56.3 Å². The van der Waals surface area contributed by atoms with Crippen molar-refractivity contribution in [1.82, 2.24) is 14.8 Å². The van der Waals surface area contributed by atoms with Gasteiger partial charge in [0.15, 0.2) is 0 Å². The lowest BCUT2D eigenvalue weighted by Crippen LogP contribution is -2.31. The van der Waals surface area contributed by atoms with Crippen molar-refractivity contribution in [1.29, 1.82) is 0 Å². The second-order valence-corrected chi connectivity index (χ2v) is 7.66. The summed E-state index contributed by atoms with van der Waals surface area (Å²) in [6.07, 6.45) is 1.47. The number of carbonyl (C=O) groups excluding carboxylic acids is 1. The van der Waals surface area contributed by atoms with Crippen LogP contribution < -0.4 is 15.4 Å². The van der Waals surface area contributed by atoms with Gasteiger partial charge in [0, 0.05) is 11.4 Å². The quantitative estimate of drug-likeness (QED) is 0.615. The number of carbonyl (C=O) groups is 1. The van der Waals surface area contributed by atoms with Gasteiger partial charge in [-0.05, 0) is 59.6 Å². The normalized spacial score (nSPS) is 15.5. The van der Waals surface area contributed by atoms with Crippen LogP contribution in [-0.2, 0) is 4.79 Å². The minimum atomic E-state index is -0.429. The Hall–Kier alpha value is -3.13. The molecule has 3 aromatic rings. The van der Waals surface area contributed by atoms with Crippen LogP contribution >= 0.6 is 15.9 Å². The van der Waals surface area contributed by atoms with Crippen LogP contribution in [0.3, 0.4) is 0 Å². The van der Waals surface area contributed by atoms with Gasteiger partial charge in [0.2, 0.25) is 5.95 Å². The maximum atomic E-state index is 13.3. The second kappa shape index (κ2) is 7.71. The third kappa shape index (κ3) is 3.63. The first kappa shape index (κ1) is 19.2. The number of anilines is 2. The molecule has 0 spiro atoms. The summed E-state index contributed by atoms with van der Waals surface area (Å²) < 4.78 is 7.85. The van der Waals surface area contributed by atoms with Crippen molar-refractivity contribution < 1.29 is 9.53 Å². The molecule has 4 rings (SSSR count). The summed E-state index contributed by atoms with van der Waals surface area (Å²) in [4.78, 5) is 17.5. The number of benzene rings is 2. The van der Waals surface area contributed by atoms with Crippen molar-refractivity contribution in [3.8, 4) is 5.75 Å². The van der Waals surface area contributed by atoms with Gasteiger partial charge in [0.25, 0.3) is 5.91 Å². The summed E-state index contributed by atoms with van der Waals surface area (Å²) in [6, 6.07) is 13.0. The summed E-state index contributed by atoms with van der Waals surface area (Å²) in [5.41, 5.74) is 4.05. The molecule has 0 bridgehead atoms. The molecule has 1 amide bonds. The van der Waals surface area contributed by atoms with Crippen molar-refractivity contribution in [3.05, 3.63) is 75.7 Å². The third-order valence-electron chi connectivity index (χ3n) is 4.84. The summed E-state index contributed by atoms with van der Waals surface area (Å²) in [7, 11) is 1.62. The lowest BCUT2D eigenvalue weighted by molar-refractivity contribution is -0.113. The van der Waals surface area contributed by atoms with Crippen molar-refractivity contribution in [2.75, 3.05) is 17.7 Å². The number of hydrogen-bond acceptors (Lipinski definition) is 5. The molecule has 0 fully saturated rings. The van der Waals surface area contributed by atoms with E-state index in [1.165, 1.54) is 6.33 Å². The number of nitrogens with zero attached hydrogens (tertiary/aromatic N) is 3. The Labute approximate surface area is 176 Å². The molecule has 2 heterocycles. The highest BCUT2D eigenvalue weighted by molar-refractivity contribution is 9.10. The highest BCUT2D eigenvalue weighted by Gasteiger charge is 2.33. The molecule has 1 aliphatic rings. The first-order valence-corrected chi connectivity index (χ1v) is 9.86. The smallest absolute Gasteiger partial charge is 0.255 e. The molecule has 1 aliphatic heterocycles. The summed E-state index contributed by atoms with van der Waals surface area (Å²) in [6.45, 7) is 3.88. The van der Waals surface area contributed by atoms with E-state index in [4.69, 9.17) is 4.74 Å². The number of rotatable bonds is 4. The maximum Gasteiger partial charge on any atom is 0.255 e. The number of ether oxygens (including phenoxy) is 1. The number of halogens is 1. The van der Waals surface area contributed by atoms with E-state index in [1.54, 1.807) is 11.8 Å². The van der Waals surface area contributed by atoms with E-state index in [0.717, 1.165) is 27.0 Å². The Balaban J connectivity index is 1.76. The summed E-state index contributed by atoms with van der Waals surface area (Å²) in [5, 5.41) is 10.5. The van der Waals surface area contributed by atoms with Gasteiger partial charge in [0.05, 0.1) is 17.2 Å². The number of aromatic nitrogens is 3. The molecule has 2 aromatic carbocycles. The van der Waals surface area contributed by atoms with E-state index >= 15 is 0 Å². The highest BCUT2D eigenvalue weighted by atomic mass is 79.9. The number of amides is 1. The molecule has 1 atom stereocenters. The van der Waals surface area contributed by atoms with Gasteiger partial charge < -0.3 is 15.4 Å². The van der Waals surface area contributed by atoms with Crippen molar-refractivity contribution in [3.63, 3.8) is 0 Å². The highest BCUT2D eigenvalue weighted by Crippen LogP contribution is 2.37. The molecule has 0 radical (unpaired) electrons. The summed E-state index contributed by atoms with van der Waals surface area (Å²) >= 11 is 3.53. The monoisotopic (exact) mass is 453 g/mol. The lowest BCUT2D eigenvalue weighted by atomic mass is 9.95. The van der Waals surface area contributed by atoms with Gasteiger partial charge in [-0.15, -0.1) is 0 Å². The predicted molar refractivity (Wildman–Crippen MR) is 115 cm³/mol. The van der Waals surface area contributed by atoms with Gasteiger partial charge in [0.1, 0.15) is 18.1 Å². The lowest BCUT2D eigenvalue weighted by Gasteiger charge is -2.29. The van der Waals surface area contributed by atoms with Crippen LogP contribution in [0, 0.1) is 6.92 Å². The van der Waals surface area contributed by atoms with Crippen LogP contribution in [-0.4, -0.2) is 27.8 Å². The van der Waals surface area contributed by atoms with Crippen LogP contribution in [0.15, 0.2) is 64.5 Å². The first-order chi connectivity index (χ1) is 14.0. The van der Waals surface area contributed by atoms with Gasteiger partial charge in [-0.25, -0.2) is 4.68 Å². The van der Waals surface area contributed by atoms with Crippen LogP contribution in [0.25, 0.3) is 0 Å². The molecular formula is C21H20BrN5O2. The molecule has 148 valence electrons.